The largest absolute Gasteiger partial charge is 0.481 e. The molecule has 0 bridgehead atoms. The molecule has 0 spiro atoms. The van der Waals surface area contributed by atoms with E-state index in [1.54, 1.807) is 0 Å². The fraction of sp³-hybridized carbons (Fsp3) is 0.875. The summed E-state index contributed by atoms with van der Waals surface area (Å²) in [7, 11) is 0. The summed E-state index contributed by atoms with van der Waals surface area (Å²) in [5.41, 5.74) is 0. The Bertz CT molecular complexity index is 367. The molecule has 2 aliphatic rings. The van der Waals surface area contributed by atoms with E-state index in [1.165, 1.54) is 19.3 Å². The van der Waals surface area contributed by atoms with Crippen LogP contribution >= 0.6 is 0 Å². The Kier molecular flexibility index (Phi) is 5.88. The molecule has 1 saturated heterocycles. The maximum atomic E-state index is 12.4. The average molecular weight is 296 g/mol. The molecule has 1 saturated carbocycles. The molecule has 0 aromatic rings. The molecule has 5 heteroatoms. The molecule has 0 radical (unpaired) electrons. The number of nitrogens with zero attached hydrogens (tertiary/aromatic N) is 1. The Morgan fingerprint density at radius 3 is 2.48 bits per heavy atom. The van der Waals surface area contributed by atoms with Crippen molar-refractivity contribution in [1.82, 2.24) is 10.2 Å². The van der Waals surface area contributed by atoms with Crippen molar-refractivity contribution in [2.45, 2.75) is 64.3 Å². The summed E-state index contributed by atoms with van der Waals surface area (Å²) in [6, 6.07) is 0.386. The first-order valence-corrected chi connectivity index (χ1v) is 8.37. The highest BCUT2D eigenvalue weighted by molar-refractivity contribution is 5.74. The maximum absolute atomic E-state index is 12.4. The number of rotatable bonds is 4. The number of carbonyl (C=O) groups is 2. The van der Waals surface area contributed by atoms with Gasteiger partial charge in [0.1, 0.15) is 0 Å². The number of carbonyl (C=O) groups excluding carboxylic acids is 1. The fourth-order valence-corrected chi connectivity index (χ4v) is 3.73. The first-order valence-electron chi connectivity index (χ1n) is 8.37. The standard InChI is InChI=1S/C16H28N2O3/c1-2-12-11-18(9-8-13(12)10-15(19)20)16(21)17-14-6-4-3-5-7-14/h12-14H,2-11H2,1H3,(H,17,21)(H,19,20). The molecule has 2 amide bonds. The number of carboxylic acid groups (broad SMARTS) is 1. The molecule has 0 aromatic heterocycles. The molecule has 2 rings (SSSR count). The number of hydrogen-bond acceptors (Lipinski definition) is 2. The highest BCUT2D eigenvalue weighted by Gasteiger charge is 2.32. The van der Waals surface area contributed by atoms with Crippen LogP contribution in [0.25, 0.3) is 0 Å². The zero-order valence-electron chi connectivity index (χ0n) is 13.0. The number of piperidine rings is 1. The minimum absolute atomic E-state index is 0.0501. The van der Waals surface area contributed by atoms with Gasteiger partial charge in [0, 0.05) is 25.6 Å². The van der Waals surface area contributed by atoms with Crippen LogP contribution < -0.4 is 5.32 Å². The maximum Gasteiger partial charge on any atom is 0.317 e. The molecular weight excluding hydrogens is 268 g/mol. The van der Waals surface area contributed by atoms with Crippen LogP contribution in [0.5, 0.6) is 0 Å². The Balaban J connectivity index is 1.84. The Morgan fingerprint density at radius 2 is 1.86 bits per heavy atom. The third-order valence-corrected chi connectivity index (χ3v) is 5.07. The number of hydrogen-bond donors (Lipinski definition) is 2. The third-order valence-electron chi connectivity index (χ3n) is 5.07. The van der Waals surface area contributed by atoms with Gasteiger partial charge in [-0.1, -0.05) is 32.6 Å². The molecule has 21 heavy (non-hydrogen) atoms. The lowest BCUT2D eigenvalue weighted by Crippen LogP contribution is -2.51. The normalized spacial score (nSPS) is 27.4. The van der Waals surface area contributed by atoms with Crippen LogP contribution in [0.2, 0.25) is 0 Å². The highest BCUT2D eigenvalue weighted by atomic mass is 16.4. The van der Waals surface area contributed by atoms with Gasteiger partial charge in [0.2, 0.25) is 0 Å². The van der Waals surface area contributed by atoms with E-state index in [-0.39, 0.29) is 18.4 Å². The van der Waals surface area contributed by atoms with E-state index in [1.807, 2.05) is 4.90 Å². The lowest BCUT2D eigenvalue weighted by Gasteiger charge is -2.38. The van der Waals surface area contributed by atoms with Gasteiger partial charge in [0.15, 0.2) is 0 Å². The second-order valence-corrected chi connectivity index (χ2v) is 6.55. The number of likely N-dealkylation sites (tertiary alicyclic amines) is 1. The van der Waals surface area contributed by atoms with Crippen LogP contribution in [0.1, 0.15) is 58.3 Å². The number of aliphatic carboxylic acids is 1. The van der Waals surface area contributed by atoms with Crippen molar-refractivity contribution in [2.75, 3.05) is 13.1 Å². The predicted octanol–water partition coefficient (Wildman–Crippen LogP) is 2.85. The molecule has 1 heterocycles. The summed E-state index contributed by atoms with van der Waals surface area (Å²) in [6.45, 7) is 3.47. The van der Waals surface area contributed by atoms with E-state index in [4.69, 9.17) is 5.11 Å². The molecule has 2 unspecified atom stereocenters. The summed E-state index contributed by atoms with van der Waals surface area (Å²) in [5.74, 6) is -0.197. The van der Waals surface area contributed by atoms with E-state index in [0.717, 1.165) is 25.7 Å². The van der Waals surface area contributed by atoms with Crippen LogP contribution in [0.4, 0.5) is 4.79 Å². The van der Waals surface area contributed by atoms with Gasteiger partial charge >= 0.3 is 12.0 Å². The van der Waals surface area contributed by atoms with E-state index >= 15 is 0 Å². The van der Waals surface area contributed by atoms with Crippen molar-refractivity contribution < 1.29 is 14.7 Å². The van der Waals surface area contributed by atoms with Gasteiger partial charge in [-0.05, 0) is 31.1 Å². The number of nitrogens with one attached hydrogen (secondary N) is 1. The van der Waals surface area contributed by atoms with Gasteiger partial charge in [-0.15, -0.1) is 0 Å². The van der Waals surface area contributed by atoms with Crippen molar-refractivity contribution >= 4 is 12.0 Å². The van der Waals surface area contributed by atoms with Gasteiger partial charge in [-0.25, -0.2) is 4.79 Å². The van der Waals surface area contributed by atoms with Crippen molar-refractivity contribution in [3.8, 4) is 0 Å². The van der Waals surface area contributed by atoms with Gasteiger partial charge in [-0.2, -0.15) is 0 Å². The zero-order chi connectivity index (χ0) is 15.2. The third kappa shape index (κ3) is 4.61. The Labute approximate surface area is 127 Å². The van der Waals surface area contributed by atoms with Gasteiger partial charge in [-0.3, -0.25) is 4.79 Å². The fourth-order valence-electron chi connectivity index (χ4n) is 3.73. The quantitative estimate of drug-likeness (QED) is 0.838. The molecule has 120 valence electrons. The summed E-state index contributed by atoms with van der Waals surface area (Å²) in [5, 5.41) is 12.1. The average Bonchev–Trinajstić information content (AvgIpc) is 2.48. The monoisotopic (exact) mass is 296 g/mol. The summed E-state index contributed by atoms with van der Waals surface area (Å²) in [4.78, 5) is 25.2. The summed E-state index contributed by atoms with van der Waals surface area (Å²) >= 11 is 0. The van der Waals surface area contributed by atoms with Crippen LogP contribution in [-0.4, -0.2) is 41.1 Å². The van der Waals surface area contributed by atoms with E-state index in [2.05, 4.69) is 12.2 Å². The molecule has 2 atom stereocenters. The molecule has 2 fully saturated rings. The van der Waals surface area contributed by atoms with Crippen molar-refractivity contribution in [1.29, 1.82) is 0 Å². The first-order chi connectivity index (χ1) is 10.1. The smallest absolute Gasteiger partial charge is 0.317 e. The number of amides is 2. The first kappa shape index (κ1) is 16.1. The lowest BCUT2D eigenvalue weighted by atomic mass is 9.81. The Morgan fingerprint density at radius 1 is 1.14 bits per heavy atom. The van der Waals surface area contributed by atoms with Crippen LogP contribution in [0.3, 0.4) is 0 Å². The van der Waals surface area contributed by atoms with Crippen molar-refractivity contribution in [3.63, 3.8) is 0 Å². The van der Waals surface area contributed by atoms with Crippen LogP contribution in [0, 0.1) is 11.8 Å². The van der Waals surface area contributed by atoms with Crippen LogP contribution in [0.15, 0.2) is 0 Å². The minimum Gasteiger partial charge on any atom is -0.481 e. The lowest BCUT2D eigenvalue weighted by molar-refractivity contribution is -0.139. The summed E-state index contributed by atoms with van der Waals surface area (Å²) in [6.07, 6.45) is 7.87. The summed E-state index contributed by atoms with van der Waals surface area (Å²) < 4.78 is 0. The van der Waals surface area contributed by atoms with Gasteiger partial charge in [0.25, 0.3) is 0 Å². The number of urea groups is 1. The minimum atomic E-state index is -0.724. The molecular formula is C16H28N2O3. The SMILES string of the molecule is CCC1CN(C(=O)NC2CCCCC2)CCC1CC(=O)O. The molecule has 0 aromatic carbocycles. The van der Waals surface area contributed by atoms with Crippen molar-refractivity contribution in [3.05, 3.63) is 0 Å². The highest BCUT2D eigenvalue weighted by Crippen LogP contribution is 2.29. The Hall–Kier alpha value is -1.26. The molecule has 1 aliphatic carbocycles. The topological polar surface area (TPSA) is 69.6 Å². The predicted molar refractivity (Wildman–Crippen MR) is 81.1 cm³/mol. The second kappa shape index (κ2) is 7.66. The van der Waals surface area contributed by atoms with E-state index < -0.39 is 5.97 Å². The molecule has 2 N–H and O–H groups in total. The van der Waals surface area contributed by atoms with Gasteiger partial charge < -0.3 is 15.3 Å². The second-order valence-electron chi connectivity index (χ2n) is 6.55. The zero-order valence-corrected chi connectivity index (χ0v) is 13.0. The number of carboxylic acids is 1. The van der Waals surface area contributed by atoms with E-state index in [9.17, 15) is 9.59 Å². The molecule has 5 nitrogen and oxygen atoms in total. The van der Waals surface area contributed by atoms with Gasteiger partial charge in [0.05, 0.1) is 0 Å². The van der Waals surface area contributed by atoms with Crippen LogP contribution in [-0.2, 0) is 4.79 Å². The molecule has 1 aliphatic heterocycles. The van der Waals surface area contributed by atoms with Crippen molar-refractivity contribution in [2.24, 2.45) is 11.8 Å². The van der Waals surface area contributed by atoms with E-state index in [0.29, 0.717) is 25.0 Å².